The first-order valence-electron chi connectivity index (χ1n) is 6.16. The van der Waals surface area contributed by atoms with E-state index in [4.69, 9.17) is 5.11 Å². The van der Waals surface area contributed by atoms with Gasteiger partial charge in [-0.15, -0.1) is 0 Å². The van der Waals surface area contributed by atoms with Gasteiger partial charge in [0.15, 0.2) is 5.65 Å². The van der Waals surface area contributed by atoms with Crippen molar-refractivity contribution in [1.29, 1.82) is 0 Å². The van der Waals surface area contributed by atoms with Crippen molar-refractivity contribution >= 4 is 17.4 Å². The molecule has 2 aromatic heterocycles. The van der Waals surface area contributed by atoms with Crippen molar-refractivity contribution < 1.29 is 9.90 Å². The number of aromatic nitrogens is 3. The van der Waals surface area contributed by atoms with Gasteiger partial charge in [0.1, 0.15) is 11.4 Å². The topological polar surface area (TPSA) is 74.0 Å². The molecule has 1 N–H and O–H groups in total. The molecule has 7 heteroatoms. The molecule has 100 valence electrons. The number of carboxylic acids is 1. The molecular weight excluding hydrogens is 246 g/mol. The van der Waals surface area contributed by atoms with E-state index in [0.717, 1.165) is 32.0 Å². The van der Waals surface area contributed by atoms with E-state index < -0.39 is 5.97 Å². The fourth-order valence-corrected chi connectivity index (χ4v) is 2.30. The first-order chi connectivity index (χ1) is 9.16. The Bertz CT molecular complexity index is 616. The number of aromatic carboxylic acids is 1. The Morgan fingerprint density at radius 1 is 1.32 bits per heavy atom. The second kappa shape index (κ2) is 4.51. The van der Waals surface area contributed by atoms with Crippen molar-refractivity contribution in [2.45, 2.75) is 0 Å². The van der Waals surface area contributed by atoms with Crippen molar-refractivity contribution in [2.75, 3.05) is 38.1 Å². The third-order valence-electron chi connectivity index (χ3n) is 3.44. The lowest BCUT2D eigenvalue weighted by molar-refractivity contribution is 0.0699. The Morgan fingerprint density at radius 2 is 2.05 bits per heavy atom. The van der Waals surface area contributed by atoms with Crippen LogP contribution >= 0.6 is 0 Å². The van der Waals surface area contributed by atoms with Crippen LogP contribution in [0.2, 0.25) is 0 Å². The maximum absolute atomic E-state index is 11.1. The first-order valence-corrected chi connectivity index (χ1v) is 6.16. The molecule has 0 bridgehead atoms. The molecule has 0 aromatic carbocycles. The number of hydrogen-bond donors (Lipinski definition) is 1. The number of carboxylic acid groups (broad SMARTS) is 1. The summed E-state index contributed by atoms with van der Waals surface area (Å²) < 4.78 is 1.61. The minimum Gasteiger partial charge on any atom is -0.477 e. The largest absolute Gasteiger partial charge is 0.477 e. The maximum atomic E-state index is 11.1. The van der Waals surface area contributed by atoms with E-state index >= 15 is 0 Å². The van der Waals surface area contributed by atoms with Crippen molar-refractivity contribution in [2.24, 2.45) is 0 Å². The molecule has 1 saturated heterocycles. The first kappa shape index (κ1) is 11.9. The molecule has 0 amide bonds. The summed E-state index contributed by atoms with van der Waals surface area (Å²) in [5, 5.41) is 13.2. The average molecular weight is 261 g/mol. The second-order valence-electron chi connectivity index (χ2n) is 4.69. The van der Waals surface area contributed by atoms with Crippen LogP contribution in [0.15, 0.2) is 18.5 Å². The van der Waals surface area contributed by atoms with E-state index in [1.807, 2.05) is 6.07 Å². The Kier molecular flexibility index (Phi) is 2.83. The highest BCUT2D eigenvalue weighted by molar-refractivity contribution is 5.94. The van der Waals surface area contributed by atoms with E-state index in [-0.39, 0.29) is 5.56 Å². The van der Waals surface area contributed by atoms with E-state index in [9.17, 15) is 4.79 Å². The molecule has 3 heterocycles. The molecule has 0 spiro atoms. The predicted molar refractivity (Wildman–Crippen MR) is 69.7 cm³/mol. The molecule has 3 rings (SSSR count). The van der Waals surface area contributed by atoms with Gasteiger partial charge in [0, 0.05) is 32.4 Å². The van der Waals surface area contributed by atoms with Crippen LogP contribution in [-0.2, 0) is 0 Å². The van der Waals surface area contributed by atoms with Crippen LogP contribution < -0.4 is 4.90 Å². The number of fused-ring (bicyclic) bond motifs is 1. The number of rotatable bonds is 2. The Morgan fingerprint density at radius 3 is 2.74 bits per heavy atom. The second-order valence-corrected chi connectivity index (χ2v) is 4.69. The highest BCUT2D eigenvalue weighted by atomic mass is 16.4. The molecule has 1 aliphatic heterocycles. The Hall–Kier alpha value is -2.15. The van der Waals surface area contributed by atoms with Gasteiger partial charge in [0.25, 0.3) is 0 Å². The van der Waals surface area contributed by atoms with Crippen molar-refractivity contribution in [3.8, 4) is 0 Å². The molecule has 0 saturated carbocycles. The molecule has 0 radical (unpaired) electrons. The van der Waals surface area contributed by atoms with Crippen LogP contribution in [0.3, 0.4) is 0 Å². The lowest BCUT2D eigenvalue weighted by atomic mass is 10.3. The molecule has 2 aromatic rings. The van der Waals surface area contributed by atoms with Crippen LogP contribution in [0.1, 0.15) is 10.4 Å². The zero-order valence-electron chi connectivity index (χ0n) is 10.7. The number of carbonyl (C=O) groups is 1. The summed E-state index contributed by atoms with van der Waals surface area (Å²) in [6, 6.07) is 1.87. The smallest absolute Gasteiger partial charge is 0.341 e. The van der Waals surface area contributed by atoms with Gasteiger partial charge in [-0.1, -0.05) is 0 Å². The number of nitrogens with zero attached hydrogens (tertiary/aromatic N) is 5. The minimum absolute atomic E-state index is 0.135. The fourth-order valence-electron chi connectivity index (χ4n) is 2.30. The standard InChI is InChI=1S/C12H15N5O2/c1-15-4-6-16(7-5-15)10-2-3-13-11-9(12(18)19)8-14-17(10)11/h2-3,8H,4-7H2,1H3,(H,18,19). The monoisotopic (exact) mass is 261 g/mol. The van der Waals surface area contributed by atoms with E-state index in [2.05, 4.69) is 26.9 Å². The SMILES string of the molecule is CN1CCN(c2ccnc3c(C(=O)O)cnn23)CC1. The van der Waals surface area contributed by atoms with Crippen LogP contribution in [0.4, 0.5) is 5.82 Å². The van der Waals surface area contributed by atoms with Gasteiger partial charge in [-0.25, -0.2) is 9.78 Å². The molecule has 19 heavy (non-hydrogen) atoms. The van der Waals surface area contributed by atoms with Gasteiger partial charge in [0.2, 0.25) is 0 Å². The summed E-state index contributed by atoms with van der Waals surface area (Å²) in [5.41, 5.74) is 0.528. The highest BCUT2D eigenvalue weighted by Gasteiger charge is 2.19. The zero-order valence-corrected chi connectivity index (χ0v) is 10.7. The van der Waals surface area contributed by atoms with Crippen molar-refractivity contribution in [3.63, 3.8) is 0 Å². The lowest BCUT2D eigenvalue weighted by Gasteiger charge is -2.33. The summed E-state index contributed by atoms with van der Waals surface area (Å²) in [4.78, 5) is 19.7. The van der Waals surface area contributed by atoms with Crippen LogP contribution in [0.25, 0.3) is 5.65 Å². The molecular formula is C12H15N5O2. The van der Waals surface area contributed by atoms with Crippen molar-refractivity contribution in [1.82, 2.24) is 19.5 Å². The fraction of sp³-hybridized carbons (Fsp3) is 0.417. The van der Waals surface area contributed by atoms with Crippen molar-refractivity contribution in [3.05, 3.63) is 24.0 Å². The molecule has 7 nitrogen and oxygen atoms in total. The normalized spacial score (nSPS) is 17.0. The molecule has 1 aliphatic rings. The molecule has 0 aliphatic carbocycles. The summed E-state index contributed by atoms with van der Waals surface area (Å²) in [6.07, 6.45) is 2.99. The van der Waals surface area contributed by atoms with Crippen LogP contribution in [0.5, 0.6) is 0 Å². The number of likely N-dealkylation sites (N-methyl/N-ethyl adjacent to an activating group) is 1. The number of piperazine rings is 1. The van der Waals surface area contributed by atoms with Gasteiger partial charge in [0.05, 0.1) is 6.20 Å². The quantitative estimate of drug-likeness (QED) is 0.831. The lowest BCUT2D eigenvalue weighted by Crippen LogP contribution is -2.45. The van der Waals surface area contributed by atoms with Gasteiger partial charge in [-0.3, -0.25) is 0 Å². The molecule has 0 unspecified atom stereocenters. The number of hydrogen-bond acceptors (Lipinski definition) is 5. The Labute approximate surface area is 110 Å². The zero-order chi connectivity index (χ0) is 13.4. The van der Waals surface area contributed by atoms with E-state index in [1.54, 1.807) is 10.7 Å². The number of anilines is 1. The third kappa shape index (κ3) is 2.01. The van der Waals surface area contributed by atoms with Gasteiger partial charge in [-0.2, -0.15) is 9.61 Å². The summed E-state index contributed by atoms with van der Waals surface area (Å²) in [7, 11) is 2.09. The van der Waals surface area contributed by atoms with Gasteiger partial charge >= 0.3 is 5.97 Å². The molecule has 0 atom stereocenters. The van der Waals surface area contributed by atoms with E-state index in [0.29, 0.717) is 5.65 Å². The predicted octanol–water partition coefficient (Wildman–Crippen LogP) is 0.179. The van der Waals surface area contributed by atoms with Crippen LogP contribution in [-0.4, -0.2) is 63.8 Å². The summed E-state index contributed by atoms with van der Waals surface area (Å²) in [5.74, 6) is -0.108. The minimum atomic E-state index is -1.00. The van der Waals surface area contributed by atoms with Gasteiger partial charge < -0.3 is 14.9 Å². The maximum Gasteiger partial charge on any atom is 0.341 e. The molecule has 1 fully saturated rings. The summed E-state index contributed by atoms with van der Waals surface area (Å²) >= 11 is 0. The summed E-state index contributed by atoms with van der Waals surface area (Å²) in [6.45, 7) is 3.77. The van der Waals surface area contributed by atoms with Crippen LogP contribution in [0, 0.1) is 0 Å². The average Bonchev–Trinajstić information content (AvgIpc) is 2.83. The van der Waals surface area contributed by atoms with Gasteiger partial charge in [-0.05, 0) is 13.1 Å². The Balaban J connectivity index is 2.02. The third-order valence-corrected chi connectivity index (χ3v) is 3.44. The van der Waals surface area contributed by atoms with E-state index in [1.165, 1.54) is 6.20 Å². The highest BCUT2D eigenvalue weighted by Crippen LogP contribution is 2.18.